The van der Waals surface area contributed by atoms with Crippen LogP contribution >= 0.6 is 0 Å². The van der Waals surface area contributed by atoms with Crippen LogP contribution in [0.5, 0.6) is 5.75 Å². The highest BCUT2D eigenvalue weighted by molar-refractivity contribution is 6.09. The maximum Gasteiger partial charge on any atom is 0.269 e. The van der Waals surface area contributed by atoms with E-state index in [1.165, 1.54) is 48.5 Å². The van der Waals surface area contributed by atoms with Crippen LogP contribution in [-0.2, 0) is 4.74 Å². The number of hydrogen-bond donors (Lipinski definition) is 3. The Morgan fingerprint density at radius 2 is 1.56 bits per heavy atom. The zero-order valence-electron chi connectivity index (χ0n) is 14.0. The van der Waals surface area contributed by atoms with E-state index in [0.717, 1.165) is 0 Å². The first-order valence-corrected chi connectivity index (χ1v) is 8.08. The molecular weight excluding hydrogens is 358 g/mol. The second-order valence-electron chi connectivity index (χ2n) is 6.03. The van der Waals surface area contributed by atoms with Gasteiger partial charge in [0.05, 0.1) is 11.5 Å². The molecule has 0 spiro atoms. The quantitative estimate of drug-likeness (QED) is 0.393. The highest BCUT2D eigenvalue weighted by atomic mass is 16.7. The Morgan fingerprint density at radius 1 is 1.00 bits per heavy atom. The fourth-order valence-electron chi connectivity index (χ4n) is 2.60. The molecule has 0 radical (unpaired) electrons. The van der Waals surface area contributed by atoms with Gasteiger partial charge in [-0.1, -0.05) is 0 Å². The number of nitro groups is 1. The lowest BCUT2D eigenvalue weighted by Gasteiger charge is -2.34. The molecule has 9 heteroatoms. The van der Waals surface area contributed by atoms with E-state index in [4.69, 9.17) is 9.47 Å². The van der Waals surface area contributed by atoms with Gasteiger partial charge in [0.2, 0.25) is 6.29 Å². The second-order valence-corrected chi connectivity index (χ2v) is 6.03. The first-order chi connectivity index (χ1) is 12.9. The van der Waals surface area contributed by atoms with Crippen LogP contribution in [0.2, 0.25) is 0 Å². The molecule has 0 amide bonds. The lowest BCUT2D eigenvalue weighted by molar-refractivity contribution is -0.384. The minimum atomic E-state index is -1.42. The van der Waals surface area contributed by atoms with Gasteiger partial charge in [-0.15, -0.1) is 0 Å². The Bertz CT molecular complexity index is 820. The van der Waals surface area contributed by atoms with Crippen molar-refractivity contribution < 1.29 is 34.5 Å². The maximum absolute atomic E-state index is 12.4. The average molecular weight is 375 g/mol. The van der Waals surface area contributed by atoms with E-state index in [0.29, 0.717) is 16.9 Å². The van der Waals surface area contributed by atoms with Crippen LogP contribution in [0.1, 0.15) is 15.9 Å². The molecule has 3 rings (SSSR count). The van der Waals surface area contributed by atoms with Crippen LogP contribution in [-0.4, -0.2) is 57.2 Å². The first kappa shape index (κ1) is 18.9. The van der Waals surface area contributed by atoms with Gasteiger partial charge >= 0.3 is 0 Å². The van der Waals surface area contributed by atoms with Gasteiger partial charge in [0.15, 0.2) is 5.78 Å². The van der Waals surface area contributed by atoms with Crippen molar-refractivity contribution in [3.05, 3.63) is 69.8 Å². The third kappa shape index (κ3) is 4.12. The van der Waals surface area contributed by atoms with E-state index < -0.39 is 29.5 Å². The van der Waals surface area contributed by atoms with Crippen molar-refractivity contribution in [2.45, 2.75) is 24.6 Å². The number of hydrogen-bond acceptors (Lipinski definition) is 8. The molecule has 1 saturated heterocycles. The van der Waals surface area contributed by atoms with Crippen molar-refractivity contribution >= 4 is 11.5 Å². The average Bonchev–Trinajstić information content (AvgIpc) is 2.68. The normalized spacial score (nSPS) is 25.0. The summed E-state index contributed by atoms with van der Waals surface area (Å²) in [5.41, 5.74) is 0.544. The third-order valence-corrected chi connectivity index (χ3v) is 4.16. The minimum Gasteiger partial charge on any atom is -0.462 e. The zero-order valence-corrected chi connectivity index (χ0v) is 14.0. The summed E-state index contributed by atoms with van der Waals surface area (Å²) in [6.45, 7) is -0.181. The van der Waals surface area contributed by atoms with Gasteiger partial charge in [0, 0.05) is 23.3 Å². The molecule has 1 aliphatic rings. The summed E-state index contributed by atoms with van der Waals surface area (Å²) in [4.78, 5) is 22.5. The van der Waals surface area contributed by atoms with Crippen molar-refractivity contribution in [3.63, 3.8) is 0 Å². The number of aliphatic hydroxyl groups is 3. The van der Waals surface area contributed by atoms with Crippen LogP contribution in [0.25, 0.3) is 0 Å². The fourth-order valence-corrected chi connectivity index (χ4v) is 2.60. The fraction of sp³-hybridized carbons (Fsp3) is 0.278. The lowest BCUT2D eigenvalue weighted by atomic mass is 10.0. The minimum absolute atomic E-state index is 0.103. The molecule has 142 valence electrons. The molecule has 3 N–H and O–H groups in total. The number of rotatable bonds is 5. The number of carbonyl (C=O) groups is 1. The molecule has 2 aromatic carbocycles. The zero-order chi connectivity index (χ0) is 19.6. The van der Waals surface area contributed by atoms with E-state index >= 15 is 0 Å². The molecule has 0 bridgehead atoms. The molecule has 0 aromatic heterocycles. The Morgan fingerprint density at radius 3 is 2.11 bits per heavy atom. The SMILES string of the molecule is O=C(c1ccc(O[C@@H]2OC[C@@H](O)[C@H](O)[C@H]2O)cc1)c1ccc([N+](=O)[O-])cc1. The smallest absolute Gasteiger partial charge is 0.269 e. The lowest BCUT2D eigenvalue weighted by Crippen LogP contribution is -2.54. The number of nitro benzene ring substituents is 1. The standard InChI is InChI=1S/C18H17NO8/c20-14-9-26-18(17(23)16(14)22)27-13-7-3-11(4-8-13)15(21)10-1-5-12(6-2-10)19(24)25/h1-8,14,16-18,20,22-23H,9H2/t14-,16+,17-,18+/m1/s1. The van der Waals surface area contributed by atoms with Crippen molar-refractivity contribution in [3.8, 4) is 5.75 Å². The van der Waals surface area contributed by atoms with Crippen molar-refractivity contribution in [1.82, 2.24) is 0 Å². The summed E-state index contributed by atoms with van der Waals surface area (Å²) in [6.07, 6.45) is -5.15. The summed E-state index contributed by atoms with van der Waals surface area (Å²) >= 11 is 0. The van der Waals surface area contributed by atoms with Gasteiger partial charge in [-0.25, -0.2) is 0 Å². The predicted octanol–water partition coefficient (Wildman–Crippen LogP) is 0.644. The Hall–Kier alpha value is -2.85. The van der Waals surface area contributed by atoms with Crippen LogP contribution in [0.15, 0.2) is 48.5 Å². The molecule has 1 heterocycles. The van der Waals surface area contributed by atoms with E-state index in [1.54, 1.807) is 0 Å². The first-order valence-electron chi connectivity index (χ1n) is 8.08. The number of non-ortho nitro benzene ring substituents is 1. The summed E-state index contributed by atoms with van der Waals surface area (Å²) in [6, 6.07) is 11.3. The summed E-state index contributed by atoms with van der Waals surface area (Å²) < 4.78 is 10.6. The Kier molecular flexibility index (Phi) is 5.47. The molecule has 1 aliphatic heterocycles. The van der Waals surface area contributed by atoms with Gasteiger partial charge in [0.1, 0.15) is 24.1 Å². The number of ketones is 1. The van der Waals surface area contributed by atoms with Crippen molar-refractivity contribution in [1.29, 1.82) is 0 Å². The number of aliphatic hydroxyl groups excluding tert-OH is 3. The second kappa shape index (κ2) is 7.80. The molecule has 0 aliphatic carbocycles. The van der Waals surface area contributed by atoms with E-state index in [9.17, 15) is 30.2 Å². The van der Waals surface area contributed by atoms with Crippen molar-refractivity contribution in [2.24, 2.45) is 0 Å². The van der Waals surface area contributed by atoms with Gasteiger partial charge < -0.3 is 24.8 Å². The van der Waals surface area contributed by atoms with Crippen LogP contribution in [0.4, 0.5) is 5.69 Å². The molecule has 0 saturated carbocycles. The number of ether oxygens (including phenoxy) is 2. The van der Waals surface area contributed by atoms with Crippen molar-refractivity contribution in [2.75, 3.05) is 6.61 Å². The topological polar surface area (TPSA) is 139 Å². The van der Waals surface area contributed by atoms with E-state index in [2.05, 4.69) is 0 Å². The molecule has 1 fully saturated rings. The van der Waals surface area contributed by atoms with Crippen LogP contribution < -0.4 is 4.74 Å². The highest BCUT2D eigenvalue weighted by Crippen LogP contribution is 2.22. The van der Waals surface area contributed by atoms with E-state index in [1.807, 2.05) is 0 Å². The third-order valence-electron chi connectivity index (χ3n) is 4.16. The number of nitrogens with zero attached hydrogens (tertiary/aromatic N) is 1. The maximum atomic E-state index is 12.4. The number of benzene rings is 2. The molecule has 9 nitrogen and oxygen atoms in total. The molecule has 2 aromatic rings. The van der Waals surface area contributed by atoms with Gasteiger partial charge in [0.25, 0.3) is 5.69 Å². The van der Waals surface area contributed by atoms with Gasteiger partial charge in [-0.05, 0) is 36.4 Å². The summed E-state index contributed by atoms with van der Waals surface area (Å²) in [5, 5.41) is 39.6. The van der Waals surface area contributed by atoms with Crippen LogP contribution in [0, 0.1) is 10.1 Å². The van der Waals surface area contributed by atoms with Crippen LogP contribution in [0.3, 0.4) is 0 Å². The Balaban J connectivity index is 1.68. The summed E-state index contributed by atoms with van der Waals surface area (Å²) in [5.74, 6) is -0.0215. The van der Waals surface area contributed by atoms with E-state index in [-0.39, 0.29) is 18.1 Å². The Labute approximate surface area is 153 Å². The molecular formula is C18H17NO8. The largest absolute Gasteiger partial charge is 0.462 e. The molecule has 4 atom stereocenters. The molecule has 27 heavy (non-hydrogen) atoms. The van der Waals surface area contributed by atoms with Gasteiger partial charge in [-0.2, -0.15) is 0 Å². The predicted molar refractivity (Wildman–Crippen MR) is 91.4 cm³/mol. The summed E-state index contributed by atoms with van der Waals surface area (Å²) in [7, 11) is 0. The molecule has 0 unspecified atom stereocenters. The highest BCUT2D eigenvalue weighted by Gasteiger charge is 2.38. The monoisotopic (exact) mass is 375 g/mol. The van der Waals surface area contributed by atoms with Gasteiger partial charge in [-0.3, -0.25) is 14.9 Å². The number of carbonyl (C=O) groups excluding carboxylic acids is 1.